The standard InChI is InChI=1S/C16H20N2O3/c1-11-5-4-8-17(11)16(21)18-10-13-7-3-2-6-12(13)9-14(18)15(19)20/h2-3,6-7,11,14H,4-5,8-10H2,1H3,(H,19,20)/t11?,14-/m1/s1. The van der Waals surface area contributed by atoms with Gasteiger partial charge in [-0.2, -0.15) is 0 Å². The van der Waals surface area contributed by atoms with Gasteiger partial charge in [-0.1, -0.05) is 24.3 Å². The molecule has 0 saturated carbocycles. The van der Waals surface area contributed by atoms with Gasteiger partial charge >= 0.3 is 12.0 Å². The number of carbonyl (C=O) groups is 2. The fourth-order valence-electron chi connectivity index (χ4n) is 3.33. The first-order chi connectivity index (χ1) is 10.1. The van der Waals surface area contributed by atoms with E-state index >= 15 is 0 Å². The van der Waals surface area contributed by atoms with E-state index in [-0.39, 0.29) is 12.1 Å². The Bertz CT molecular complexity index is 572. The summed E-state index contributed by atoms with van der Waals surface area (Å²) < 4.78 is 0. The molecule has 2 atom stereocenters. The summed E-state index contributed by atoms with van der Waals surface area (Å²) >= 11 is 0. The SMILES string of the molecule is CC1CCCN1C(=O)N1Cc2ccccc2C[C@@H]1C(=O)O. The molecule has 1 aromatic rings. The number of fused-ring (bicyclic) bond motifs is 1. The fraction of sp³-hybridized carbons (Fsp3) is 0.500. The first kappa shape index (κ1) is 13.9. The third kappa shape index (κ3) is 2.48. The number of aliphatic carboxylic acids is 1. The minimum absolute atomic E-state index is 0.137. The Morgan fingerprint density at radius 3 is 2.52 bits per heavy atom. The van der Waals surface area contributed by atoms with Crippen LogP contribution in [0.4, 0.5) is 4.79 Å². The third-order valence-electron chi connectivity index (χ3n) is 4.58. The summed E-state index contributed by atoms with van der Waals surface area (Å²) in [5, 5.41) is 9.48. The first-order valence-corrected chi connectivity index (χ1v) is 7.44. The number of carboxylic acid groups (broad SMARTS) is 1. The average Bonchev–Trinajstić information content (AvgIpc) is 2.91. The lowest BCUT2D eigenvalue weighted by Crippen LogP contribution is -2.54. The van der Waals surface area contributed by atoms with Crippen LogP contribution in [0.25, 0.3) is 0 Å². The van der Waals surface area contributed by atoms with Crippen LogP contribution in [0, 0.1) is 0 Å². The lowest BCUT2D eigenvalue weighted by molar-refractivity contribution is -0.142. The molecule has 5 nitrogen and oxygen atoms in total. The van der Waals surface area contributed by atoms with Gasteiger partial charge < -0.3 is 14.9 Å². The molecule has 1 fully saturated rings. The van der Waals surface area contributed by atoms with E-state index in [1.54, 1.807) is 0 Å². The van der Waals surface area contributed by atoms with E-state index in [1.165, 1.54) is 4.90 Å². The Morgan fingerprint density at radius 1 is 1.19 bits per heavy atom. The Labute approximate surface area is 124 Å². The molecule has 0 bridgehead atoms. The van der Waals surface area contributed by atoms with Crippen LogP contribution < -0.4 is 0 Å². The molecule has 0 spiro atoms. The van der Waals surface area contributed by atoms with Gasteiger partial charge in [-0.05, 0) is 30.9 Å². The predicted molar refractivity (Wildman–Crippen MR) is 77.9 cm³/mol. The normalized spacial score (nSPS) is 24.8. The zero-order valence-electron chi connectivity index (χ0n) is 12.2. The van der Waals surface area contributed by atoms with Gasteiger partial charge in [0.2, 0.25) is 0 Å². The van der Waals surface area contributed by atoms with Crippen molar-refractivity contribution in [1.82, 2.24) is 9.80 Å². The third-order valence-corrected chi connectivity index (χ3v) is 4.58. The number of likely N-dealkylation sites (tertiary alicyclic amines) is 1. The van der Waals surface area contributed by atoms with E-state index in [0.29, 0.717) is 13.0 Å². The summed E-state index contributed by atoms with van der Waals surface area (Å²) in [6.07, 6.45) is 2.38. The van der Waals surface area contributed by atoms with E-state index in [4.69, 9.17) is 0 Å². The summed E-state index contributed by atoms with van der Waals surface area (Å²) in [5.74, 6) is -0.926. The van der Waals surface area contributed by atoms with Gasteiger partial charge in [0.05, 0.1) is 0 Å². The molecule has 2 aliphatic heterocycles. The topological polar surface area (TPSA) is 60.9 Å². The Balaban J connectivity index is 1.89. The summed E-state index contributed by atoms with van der Waals surface area (Å²) in [4.78, 5) is 27.6. The summed E-state index contributed by atoms with van der Waals surface area (Å²) in [5.41, 5.74) is 2.08. The van der Waals surface area contributed by atoms with Crippen molar-refractivity contribution >= 4 is 12.0 Å². The maximum absolute atomic E-state index is 12.7. The van der Waals surface area contributed by atoms with Crippen molar-refractivity contribution in [2.75, 3.05) is 6.54 Å². The number of benzene rings is 1. The second-order valence-electron chi connectivity index (χ2n) is 5.92. The van der Waals surface area contributed by atoms with Crippen LogP contribution in [0.1, 0.15) is 30.9 Å². The first-order valence-electron chi connectivity index (χ1n) is 7.44. The van der Waals surface area contributed by atoms with Crippen molar-refractivity contribution in [1.29, 1.82) is 0 Å². The second kappa shape index (κ2) is 5.39. The highest BCUT2D eigenvalue weighted by Crippen LogP contribution is 2.27. The van der Waals surface area contributed by atoms with Gasteiger partial charge in [-0.25, -0.2) is 9.59 Å². The van der Waals surface area contributed by atoms with Crippen LogP contribution >= 0.6 is 0 Å². The molecule has 2 aliphatic rings. The zero-order chi connectivity index (χ0) is 15.0. The van der Waals surface area contributed by atoms with Crippen LogP contribution in [0.3, 0.4) is 0 Å². The fourth-order valence-corrected chi connectivity index (χ4v) is 3.33. The van der Waals surface area contributed by atoms with Gasteiger partial charge in [0, 0.05) is 25.6 Å². The molecule has 2 amide bonds. The summed E-state index contributed by atoms with van der Waals surface area (Å²) in [7, 11) is 0. The van der Waals surface area contributed by atoms with Crippen LogP contribution in [-0.2, 0) is 17.8 Å². The molecule has 1 aromatic carbocycles. The van der Waals surface area contributed by atoms with Crippen LogP contribution in [0.15, 0.2) is 24.3 Å². The Kier molecular flexibility index (Phi) is 3.57. The summed E-state index contributed by atoms with van der Waals surface area (Å²) in [6, 6.07) is 7.07. The maximum Gasteiger partial charge on any atom is 0.326 e. The Morgan fingerprint density at radius 2 is 1.90 bits per heavy atom. The van der Waals surface area contributed by atoms with E-state index in [2.05, 4.69) is 0 Å². The lowest BCUT2D eigenvalue weighted by Gasteiger charge is -2.38. The van der Waals surface area contributed by atoms with Gasteiger partial charge in [0.25, 0.3) is 0 Å². The molecule has 1 saturated heterocycles. The van der Waals surface area contributed by atoms with E-state index in [1.807, 2.05) is 36.1 Å². The quantitative estimate of drug-likeness (QED) is 0.861. The maximum atomic E-state index is 12.7. The molecule has 5 heteroatoms. The number of urea groups is 1. The molecule has 2 heterocycles. The molecule has 1 N–H and O–H groups in total. The predicted octanol–water partition coefficient (Wildman–Crippen LogP) is 2.10. The number of hydrogen-bond acceptors (Lipinski definition) is 2. The minimum Gasteiger partial charge on any atom is -0.480 e. The van der Waals surface area contributed by atoms with Gasteiger partial charge in [-0.15, -0.1) is 0 Å². The van der Waals surface area contributed by atoms with Crippen molar-refractivity contribution in [3.05, 3.63) is 35.4 Å². The molecular weight excluding hydrogens is 268 g/mol. The van der Waals surface area contributed by atoms with Gasteiger partial charge in [0.15, 0.2) is 0 Å². The Hall–Kier alpha value is -2.04. The molecule has 0 radical (unpaired) electrons. The second-order valence-corrected chi connectivity index (χ2v) is 5.92. The van der Waals surface area contributed by atoms with Crippen molar-refractivity contribution in [3.8, 4) is 0 Å². The van der Waals surface area contributed by atoms with Crippen LogP contribution in [0.2, 0.25) is 0 Å². The molecule has 0 aromatic heterocycles. The van der Waals surface area contributed by atoms with Crippen LogP contribution in [-0.4, -0.2) is 45.5 Å². The number of rotatable bonds is 1. The van der Waals surface area contributed by atoms with Crippen molar-refractivity contribution in [2.24, 2.45) is 0 Å². The number of carbonyl (C=O) groups excluding carboxylic acids is 1. The molecule has 1 unspecified atom stereocenters. The molecule has 0 aliphatic carbocycles. The van der Waals surface area contributed by atoms with E-state index in [9.17, 15) is 14.7 Å². The van der Waals surface area contributed by atoms with Crippen LogP contribution in [0.5, 0.6) is 0 Å². The highest BCUT2D eigenvalue weighted by Gasteiger charge is 2.38. The lowest BCUT2D eigenvalue weighted by atomic mass is 9.94. The number of amides is 2. The molecule has 21 heavy (non-hydrogen) atoms. The van der Waals surface area contributed by atoms with Crippen molar-refractivity contribution in [3.63, 3.8) is 0 Å². The number of hydrogen-bond donors (Lipinski definition) is 1. The number of carboxylic acids is 1. The number of nitrogens with zero attached hydrogens (tertiary/aromatic N) is 2. The molecular formula is C16H20N2O3. The van der Waals surface area contributed by atoms with E-state index < -0.39 is 12.0 Å². The van der Waals surface area contributed by atoms with Crippen molar-refractivity contribution < 1.29 is 14.7 Å². The zero-order valence-corrected chi connectivity index (χ0v) is 12.2. The highest BCUT2D eigenvalue weighted by molar-refractivity contribution is 5.84. The largest absolute Gasteiger partial charge is 0.480 e. The minimum atomic E-state index is -0.926. The molecule has 112 valence electrons. The van der Waals surface area contributed by atoms with Gasteiger partial charge in [-0.3, -0.25) is 0 Å². The van der Waals surface area contributed by atoms with E-state index in [0.717, 1.165) is 30.5 Å². The van der Waals surface area contributed by atoms with Crippen molar-refractivity contribution in [2.45, 2.75) is 44.8 Å². The average molecular weight is 288 g/mol. The summed E-state index contributed by atoms with van der Waals surface area (Å²) in [6.45, 7) is 3.14. The monoisotopic (exact) mass is 288 g/mol. The molecule has 3 rings (SSSR count). The van der Waals surface area contributed by atoms with Gasteiger partial charge in [0.1, 0.15) is 6.04 Å². The smallest absolute Gasteiger partial charge is 0.326 e. The highest BCUT2D eigenvalue weighted by atomic mass is 16.4.